The van der Waals surface area contributed by atoms with E-state index in [1.54, 1.807) is 4.68 Å². The second kappa shape index (κ2) is 8.54. The number of ether oxygens (including phenoxy) is 2. The normalized spacial score (nSPS) is 22.5. The average molecular weight is 455 g/mol. The molecule has 2 aliphatic rings. The summed E-state index contributed by atoms with van der Waals surface area (Å²) in [6, 6.07) is 10.4. The van der Waals surface area contributed by atoms with Crippen LogP contribution in [0.15, 0.2) is 35.1 Å². The number of benzene rings is 1. The van der Waals surface area contributed by atoms with Gasteiger partial charge in [-0.1, -0.05) is 41.7 Å². The summed E-state index contributed by atoms with van der Waals surface area (Å²) in [7, 11) is 1.34. The minimum atomic E-state index is -0.447. The van der Waals surface area contributed by atoms with Crippen LogP contribution in [0.4, 0.5) is 0 Å². The fourth-order valence-electron chi connectivity index (χ4n) is 4.77. The van der Waals surface area contributed by atoms with E-state index in [4.69, 9.17) is 14.6 Å². The van der Waals surface area contributed by atoms with Crippen molar-refractivity contribution in [1.82, 2.24) is 19.3 Å². The molecule has 3 aromatic rings. The summed E-state index contributed by atoms with van der Waals surface area (Å²) in [5, 5.41) is 5.68. The molecule has 5 rings (SSSR count). The van der Waals surface area contributed by atoms with E-state index in [1.165, 1.54) is 18.4 Å². The lowest BCUT2D eigenvalue weighted by atomic mass is 9.93. The first-order valence-electron chi connectivity index (χ1n) is 11.0. The summed E-state index contributed by atoms with van der Waals surface area (Å²) in [5.74, 6) is 0.440. The largest absolute Gasteiger partial charge is 0.479 e. The van der Waals surface area contributed by atoms with Crippen molar-refractivity contribution in [2.75, 3.05) is 7.11 Å². The summed E-state index contributed by atoms with van der Waals surface area (Å²) < 4.78 is 14.5. The van der Waals surface area contributed by atoms with E-state index in [9.17, 15) is 9.59 Å². The molecule has 0 N–H and O–H groups in total. The Kier molecular flexibility index (Phi) is 5.58. The summed E-state index contributed by atoms with van der Waals surface area (Å²) in [4.78, 5) is 29.2. The molecule has 0 unspecified atom stereocenters. The number of rotatable bonds is 5. The SMILES string of the molecule is COC(=O)c1nc(C)c(OC2CCC(n3nc4n(c3=O)[C@H](c3ccccc3)CC4)CC2)s1. The van der Waals surface area contributed by atoms with Gasteiger partial charge in [-0.2, -0.15) is 5.10 Å². The molecule has 8 nitrogen and oxygen atoms in total. The molecule has 1 saturated carbocycles. The number of aromatic nitrogens is 4. The van der Waals surface area contributed by atoms with Gasteiger partial charge in [-0.05, 0) is 44.6 Å². The number of hydrogen-bond acceptors (Lipinski definition) is 7. The zero-order valence-corrected chi connectivity index (χ0v) is 19.0. The van der Waals surface area contributed by atoms with Crippen LogP contribution in [0.1, 0.15) is 71.1 Å². The third-order valence-corrected chi connectivity index (χ3v) is 7.45. The Hall–Kier alpha value is -2.94. The number of thiazole rings is 1. The Morgan fingerprint density at radius 2 is 1.88 bits per heavy atom. The van der Waals surface area contributed by atoms with Crippen LogP contribution in [0.25, 0.3) is 0 Å². The summed E-state index contributed by atoms with van der Waals surface area (Å²) >= 11 is 1.22. The van der Waals surface area contributed by atoms with E-state index in [2.05, 4.69) is 17.1 Å². The lowest BCUT2D eigenvalue weighted by Crippen LogP contribution is -2.33. The quantitative estimate of drug-likeness (QED) is 0.547. The van der Waals surface area contributed by atoms with Crippen molar-refractivity contribution >= 4 is 17.3 Å². The van der Waals surface area contributed by atoms with Crippen LogP contribution in [-0.4, -0.2) is 38.5 Å². The fraction of sp³-hybridized carbons (Fsp3) is 0.478. The Balaban J connectivity index is 1.26. The van der Waals surface area contributed by atoms with E-state index in [0.717, 1.165) is 49.9 Å². The van der Waals surface area contributed by atoms with Crippen molar-refractivity contribution in [2.45, 2.75) is 63.6 Å². The maximum absolute atomic E-state index is 13.2. The zero-order chi connectivity index (χ0) is 22.2. The molecule has 9 heteroatoms. The average Bonchev–Trinajstić information content (AvgIpc) is 3.49. The molecule has 168 valence electrons. The molecule has 0 radical (unpaired) electrons. The van der Waals surface area contributed by atoms with Crippen LogP contribution >= 0.6 is 11.3 Å². The number of esters is 1. The van der Waals surface area contributed by atoms with Gasteiger partial charge in [-0.3, -0.25) is 4.57 Å². The highest BCUT2D eigenvalue weighted by molar-refractivity contribution is 7.15. The lowest BCUT2D eigenvalue weighted by Gasteiger charge is -2.28. The van der Waals surface area contributed by atoms with Gasteiger partial charge in [0, 0.05) is 6.42 Å². The number of carbonyl (C=O) groups excluding carboxylic acids is 1. The lowest BCUT2D eigenvalue weighted by molar-refractivity contribution is 0.0600. The predicted octanol–water partition coefficient (Wildman–Crippen LogP) is 3.69. The second-order valence-corrected chi connectivity index (χ2v) is 9.37. The number of nitrogens with zero attached hydrogens (tertiary/aromatic N) is 4. The number of hydrogen-bond donors (Lipinski definition) is 0. The van der Waals surface area contributed by atoms with Gasteiger partial charge >= 0.3 is 11.7 Å². The fourth-order valence-corrected chi connectivity index (χ4v) is 5.67. The third-order valence-electron chi connectivity index (χ3n) is 6.42. The van der Waals surface area contributed by atoms with Crippen LogP contribution < -0.4 is 10.4 Å². The molecule has 0 amide bonds. The summed E-state index contributed by atoms with van der Waals surface area (Å²) in [6.45, 7) is 1.83. The van der Waals surface area contributed by atoms with Crippen LogP contribution in [0.3, 0.4) is 0 Å². The Morgan fingerprint density at radius 1 is 1.12 bits per heavy atom. The molecule has 0 saturated heterocycles. The first-order chi connectivity index (χ1) is 15.5. The summed E-state index contributed by atoms with van der Waals surface area (Å²) in [6.07, 6.45) is 5.10. The molecule has 0 spiro atoms. The monoisotopic (exact) mass is 454 g/mol. The minimum Gasteiger partial charge on any atom is -0.479 e. The van der Waals surface area contributed by atoms with Gasteiger partial charge in [-0.15, -0.1) is 0 Å². The van der Waals surface area contributed by atoms with Gasteiger partial charge in [0.2, 0.25) is 5.01 Å². The van der Waals surface area contributed by atoms with Gasteiger partial charge in [0.25, 0.3) is 0 Å². The van der Waals surface area contributed by atoms with Crippen molar-refractivity contribution in [2.24, 2.45) is 0 Å². The number of methoxy groups -OCH3 is 1. The van der Waals surface area contributed by atoms with Crippen molar-refractivity contribution in [3.8, 4) is 5.06 Å². The first-order valence-corrected chi connectivity index (χ1v) is 11.8. The molecule has 32 heavy (non-hydrogen) atoms. The summed E-state index contributed by atoms with van der Waals surface area (Å²) in [5.41, 5.74) is 1.86. The minimum absolute atomic E-state index is 0.00302. The maximum atomic E-state index is 13.2. The van der Waals surface area contributed by atoms with Gasteiger partial charge in [-0.25, -0.2) is 19.3 Å². The Labute approximate surface area is 189 Å². The van der Waals surface area contributed by atoms with Crippen molar-refractivity contribution < 1.29 is 14.3 Å². The molecular formula is C23H26N4O4S. The molecular weight excluding hydrogens is 428 g/mol. The maximum Gasteiger partial charge on any atom is 0.367 e. The second-order valence-electron chi connectivity index (χ2n) is 8.41. The molecule has 1 aromatic carbocycles. The number of carbonyl (C=O) groups is 1. The Morgan fingerprint density at radius 3 is 2.59 bits per heavy atom. The molecule has 1 aliphatic heterocycles. The van der Waals surface area contributed by atoms with Crippen molar-refractivity contribution in [3.05, 3.63) is 62.9 Å². The highest BCUT2D eigenvalue weighted by Crippen LogP contribution is 2.35. The highest BCUT2D eigenvalue weighted by Gasteiger charge is 2.33. The van der Waals surface area contributed by atoms with Crippen LogP contribution in [0, 0.1) is 6.92 Å². The van der Waals surface area contributed by atoms with Crippen LogP contribution in [0.5, 0.6) is 5.06 Å². The Bertz CT molecular complexity index is 1170. The molecule has 3 heterocycles. The van der Waals surface area contributed by atoms with Crippen LogP contribution in [-0.2, 0) is 11.2 Å². The van der Waals surface area contributed by atoms with Gasteiger partial charge in [0.05, 0.1) is 31.0 Å². The topological polar surface area (TPSA) is 88.2 Å². The highest BCUT2D eigenvalue weighted by atomic mass is 32.1. The van der Waals surface area contributed by atoms with Gasteiger partial charge in [0.1, 0.15) is 5.82 Å². The van der Waals surface area contributed by atoms with E-state index < -0.39 is 5.97 Å². The van der Waals surface area contributed by atoms with E-state index in [-0.39, 0.29) is 23.9 Å². The third kappa shape index (κ3) is 3.74. The molecule has 1 atom stereocenters. The van der Waals surface area contributed by atoms with Crippen molar-refractivity contribution in [1.29, 1.82) is 0 Å². The van der Waals surface area contributed by atoms with Gasteiger partial charge < -0.3 is 9.47 Å². The first kappa shape index (κ1) is 20.9. The smallest absolute Gasteiger partial charge is 0.367 e. The molecule has 0 bridgehead atoms. The van der Waals surface area contributed by atoms with Crippen molar-refractivity contribution in [3.63, 3.8) is 0 Å². The van der Waals surface area contributed by atoms with E-state index >= 15 is 0 Å². The molecule has 1 fully saturated rings. The standard InChI is InChI=1S/C23H26N4O4S/c1-14-22(32-20(24-14)21(28)30-2)31-17-10-8-16(9-11-17)27-23(29)26-18(12-13-19(26)25-27)15-6-4-3-5-7-15/h3-7,16-18H,8-13H2,1-2H3/t16?,17?,18-/m0/s1. The van der Waals surface area contributed by atoms with Gasteiger partial charge in [0.15, 0.2) is 5.06 Å². The van der Waals surface area contributed by atoms with Crippen LogP contribution in [0.2, 0.25) is 0 Å². The zero-order valence-electron chi connectivity index (χ0n) is 18.2. The number of aryl methyl sites for hydroxylation is 2. The molecule has 1 aliphatic carbocycles. The predicted molar refractivity (Wildman–Crippen MR) is 120 cm³/mol. The van der Waals surface area contributed by atoms with E-state index in [0.29, 0.717) is 15.8 Å². The van der Waals surface area contributed by atoms with E-state index in [1.807, 2.05) is 29.7 Å². The molecule has 2 aromatic heterocycles. The number of fused-ring (bicyclic) bond motifs is 1.